The van der Waals surface area contributed by atoms with E-state index < -0.39 is 0 Å². The zero-order valence-corrected chi connectivity index (χ0v) is 12.0. The van der Waals surface area contributed by atoms with Crippen LogP contribution < -0.4 is 5.56 Å². The molecule has 0 spiro atoms. The summed E-state index contributed by atoms with van der Waals surface area (Å²) in [6.07, 6.45) is 6.93. The van der Waals surface area contributed by atoms with Crippen molar-refractivity contribution >= 4 is 0 Å². The van der Waals surface area contributed by atoms with E-state index in [1.165, 1.54) is 30.4 Å². The van der Waals surface area contributed by atoms with Crippen LogP contribution in [0.2, 0.25) is 0 Å². The van der Waals surface area contributed by atoms with Crippen molar-refractivity contribution in [3.8, 4) is 0 Å². The van der Waals surface area contributed by atoms with Crippen LogP contribution in [0, 0.1) is 12.8 Å². The fourth-order valence-corrected chi connectivity index (χ4v) is 2.84. The van der Waals surface area contributed by atoms with Gasteiger partial charge in [0.25, 0.3) is 5.56 Å². The Kier molecular flexibility index (Phi) is 3.72. The van der Waals surface area contributed by atoms with Gasteiger partial charge in [-0.2, -0.15) is 0 Å². The third kappa shape index (κ3) is 3.01. The Morgan fingerprint density at radius 3 is 2.75 bits per heavy atom. The van der Waals surface area contributed by atoms with Gasteiger partial charge < -0.3 is 4.57 Å². The number of pyridine rings is 1. The summed E-state index contributed by atoms with van der Waals surface area (Å²) in [7, 11) is 0. The smallest absolute Gasteiger partial charge is 0.251 e. The first-order valence-electron chi connectivity index (χ1n) is 7.48. The van der Waals surface area contributed by atoms with Gasteiger partial charge in [-0.25, -0.2) is 0 Å². The molecular weight excluding hydrogens is 246 g/mol. The molecule has 0 radical (unpaired) electrons. The zero-order valence-electron chi connectivity index (χ0n) is 12.0. The topological polar surface area (TPSA) is 22.0 Å². The van der Waals surface area contributed by atoms with Gasteiger partial charge in [-0.05, 0) is 37.3 Å². The molecule has 2 aromatic rings. The van der Waals surface area contributed by atoms with Crippen molar-refractivity contribution in [1.82, 2.24) is 4.57 Å². The van der Waals surface area contributed by atoms with Crippen LogP contribution in [0.3, 0.4) is 0 Å². The summed E-state index contributed by atoms with van der Waals surface area (Å²) < 4.78 is 1.89. The Morgan fingerprint density at radius 1 is 1.20 bits per heavy atom. The number of benzene rings is 1. The second-order valence-electron chi connectivity index (χ2n) is 5.90. The predicted octanol–water partition coefficient (Wildman–Crippen LogP) is 3.94. The van der Waals surface area contributed by atoms with E-state index in [0.29, 0.717) is 0 Å². The number of hydrogen-bond donors (Lipinski definition) is 0. The lowest BCUT2D eigenvalue weighted by Crippen LogP contribution is -2.24. The van der Waals surface area contributed by atoms with E-state index in [1.807, 2.05) is 22.9 Å². The maximum atomic E-state index is 12.1. The van der Waals surface area contributed by atoms with Crippen LogP contribution in [0.5, 0.6) is 0 Å². The van der Waals surface area contributed by atoms with E-state index in [2.05, 4.69) is 31.2 Å². The van der Waals surface area contributed by atoms with E-state index in [4.69, 9.17) is 0 Å². The fraction of sp³-hybridized carbons (Fsp3) is 0.389. The van der Waals surface area contributed by atoms with Crippen molar-refractivity contribution in [2.75, 3.05) is 0 Å². The van der Waals surface area contributed by atoms with Crippen molar-refractivity contribution in [3.63, 3.8) is 0 Å². The van der Waals surface area contributed by atoms with Crippen LogP contribution in [-0.2, 0) is 0 Å². The minimum atomic E-state index is 0.0924. The van der Waals surface area contributed by atoms with Gasteiger partial charge >= 0.3 is 0 Å². The third-order valence-electron chi connectivity index (χ3n) is 4.16. The molecule has 2 heteroatoms. The first-order chi connectivity index (χ1) is 9.74. The molecule has 20 heavy (non-hydrogen) atoms. The average Bonchev–Trinajstić information content (AvgIpc) is 3.25. The normalized spacial score (nSPS) is 16.1. The van der Waals surface area contributed by atoms with Crippen molar-refractivity contribution in [3.05, 3.63) is 70.1 Å². The highest BCUT2D eigenvalue weighted by Gasteiger charge is 2.24. The van der Waals surface area contributed by atoms with Gasteiger partial charge in [0, 0.05) is 12.3 Å². The fourth-order valence-electron chi connectivity index (χ4n) is 2.84. The highest BCUT2D eigenvalue weighted by atomic mass is 16.1. The Balaban J connectivity index is 1.94. The monoisotopic (exact) mass is 267 g/mol. The molecule has 1 aliphatic carbocycles. The van der Waals surface area contributed by atoms with E-state index in [9.17, 15) is 4.79 Å². The third-order valence-corrected chi connectivity index (χ3v) is 4.16. The molecule has 1 aliphatic rings. The maximum absolute atomic E-state index is 12.1. The van der Waals surface area contributed by atoms with Gasteiger partial charge in [0.15, 0.2) is 0 Å². The van der Waals surface area contributed by atoms with Crippen LogP contribution in [0.25, 0.3) is 0 Å². The molecule has 1 aromatic heterocycles. The molecule has 104 valence electrons. The van der Waals surface area contributed by atoms with Gasteiger partial charge in [-0.3, -0.25) is 4.79 Å². The summed E-state index contributed by atoms with van der Waals surface area (Å²) in [6, 6.07) is 14.1. The summed E-state index contributed by atoms with van der Waals surface area (Å²) in [5, 5.41) is 0. The molecule has 1 aromatic carbocycles. The molecule has 0 aliphatic heterocycles. The van der Waals surface area contributed by atoms with Gasteiger partial charge in [-0.15, -0.1) is 0 Å². The average molecular weight is 267 g/mol. The van der Waals surface area contributed by atoms with Crippen molar-refractivity contribution < 1.29 is 0 Å². The van der Waals surface area contributed by atoms with Crippen molar-refractivity contribution in [1.29, 1.82) is 0 Å². The first kappa shape index (κ1) is 13.2. The SMILES string of the molecule is Cc1cccc(C(CCC2CC2)n2ccccc2=O)c1. The molecule has 0 amide bonds. The van der Waals surface area contributed by atoms with Gasteiger partial charge in [0.1, 0.15) is 0 Å². The Hall–Kier alpha value is -1.83. The second-order valence-corrected chi connectivity index (χ2v) is 5.90. The van der Waals surface area contributed by atoms with Gasteiger partial charge in [0.05, 0.1) is 6.04 Å². The second kappa shape index (κ2) is 5.66. The van der Waals surface area contributed by atoms with Crippen LogP contribution in [0.15, 0.2) is 53.5 Å². The largest absolute Gasteiger partial charge is 0.308 e. The standard InChI is InChI=1S/C18H21NO/c1-14-5-4-6-16(13-14)17(11-10-15-8-9-15)19-12-3-2-7-18(19)20/h2-7,12-13,15,17H,8-11H2,1H3. The Bertz CT molecular complexity index is 640. The van der Waals surface area contributed by atoms with E-state index in [1.54, 1.807) is 6.07 Å². The molecule has 1 heterocycles. The van der Waals surface area contributed by atoms with Crippen LogP contribution in [-0.4, -0.2) is 4.57 Å². The number of aromatic nitrogens is 1. The van der Waals surface area contributed by atoms with Crippen LogP contribution in [0.1, 0.15) is 42.9 Å². The molecule has 0 bridgehead atoms. The molecule has 1 fully saturated rings. The molecule has 1 atom stereocenters. The highest BCUT2D eigenvalue weighted by molar-refractivity contribution is 5.26. The molecule has 2 nitrogen and oxygen atoms in total. The van der Waals surface area contributed by atoms with E-state index in [0.717, 1.165) is 12.3 Å². The van der Waals surface area contributed by atoms with E-state index in [-0.39, 0.29) is 11.6 Å². The minimum Gasteiger partial charge on any atom is -0.308 e. The molecule has 1 saturated carbocycles. The minimum absolute atomic E-state index is 0.0924. The van der Waals surface area contributed by atoms with Crippen LogP contribution in [0.4, 0.5) is 0 Å². The first-order valence-corrected chi connectivity index (χ1v) is 7.48. The van der Waals surface area contributed by atoms with E-state index >= 15 is 0 Å². The molecule has 0 saturated heterocycles. The Morgan fingerprint density at radius 2 is 2.05 bits per heavy atom. The van der Waals surface area contributed by atoms with Gasteiger partial charge in [0.2, 0.25) is 0 Å². The Labute approximate surface area is 120 Å². The molecular formula is C18H21NO. The molecule has 1 unspecified atom stereocenters. The number of rotatable bonds is 5. The number of hydrogen-bond acceptors (Lipinski definition) is 1. The maximum Gasteiger partial charge on any atom is 0.251 e. The van der Waals surface area contributed by atoms with Crippen LogP contribution >= 0.6 is 0 Å². The predicted molar refractivity (Wildman–Crippen MR) is 82.0 cm³/mol. The van der Waals surface area contributed by atoms with Crippen molar-refractivity contribution in [2.45, 2.75) is 38.6 Å². The quantitative estimate of drug-likeness (QED) is 0.804. The molecule has 3 rings (SSSR count). The summed E-state index contributed by atoms with van der Waals surface area (Å²) in [5.74, 6) is 0.890. The summed E-state index contributed by atoms with van der Waals surface area (Å²) in [5.41, 5.74) is 2.59. The number of nitrogens with zero attached hydrogens (tertiary/aromatic N) is 1. The highest BCUT2D eigenvalue weighted by Crippen LogP contribution is 2.36. The number of aryl methyl sites for hydroxylation is 1. The summed E-state index contributed by atoms with van der Waals surface area (Å²) >= 11 is 0. The lowest BCUT2D eigenvalue weighted by Gasteiger charge is -2.20. The summed E-state index contributed by atoms with van der Waals surface area (Å²) in [6.45, 7) is 2.11. The van der Waals surface area contributed by atoms with Gasteiger partial charge in [-0.1, -0.05) is 48.7 Å². The lowest BCUT2D eigenvalue weighted by molar-refractivity contribution is 0.488. The summed E-state index contributed by atoms with van der Waals surface area (Å²) in [4.78, 5) is 12.1. The molecule has 0 N–H and O–H groups in total. The van der Waals surface area contributed by atoms with Crippen molar-refractivity contribution in [2.24, 2.45) is 5.92 Å². The zero-order chi connectivity index (χ0) is 13.9. The lowest BCUT2D eigenvalue weighted by atomic mass is 9.98.